The Kier molecular flexibility index (Phi) is 5.34. The van der Waals surface area contributed by atoms with Crippen molar-refractivity contribution < 1.29 is 14.4 Å². The van der Waals surface area contributed by atoms with Gasteiger partial charge in [-0.1, -0.05) is 37.3 Å². The van der Waals surface area contributed by atoms with Crippen molar-refractivity contribution in [1.82, 2.24) is 25.2 Å². The summed E-state index contributed by atoms with van der Waals surface area (Å²) in [6.07, 6.45) is 4.35. The van der Waals surface area contributed by atoms with E-state index >= 15 is 0 Å². The third kappa shape index (κ3) is 3.37. The number of hydrogen-bond donors (Lipinski definition) is 2. The van der Waals surface area contributed by atoms with Crippen LogP contribution in [0, 0.1) is 0 Å². The summed E-state index contributed by atoms with van der Waals surface area (Å²) in [6.45, 7) is 2.76. The average Bonchev–Trinajstić information content (AvgIpc) is 3.43. The SMILES string of the molecule is CCC1(c2ccccc2)NC(=O)N(NC(=O)CN2CCCC2c2cccn2C)C1=O. The molecule has 2 N–H and O–H groups in total. The van der Waals surface area contributed by atoms with Crippen molar-refractivity contribution in [2.45, 2.75) is 37.8 Å². The topological polar surface area (TPSA) is 86.7 Å². The molecule has 0 spiro atoms. The fraction of sp³-hybridized carbons (Fsp3) is 0.409. The van der Waals surface area contributed by atoms with Crippen LogP contribution in [0.3, 0.4) is 0 Å². The van der Waals surface area contributed by atoms with Gasteiger partial charge in [0.05, 0.1) is 12.6 Å². The number of aromatic nitrogens is 1. The van der Waals surface area contributed by atoms with E-state index in [0.717, 1.165) is 30.1 Å². The normalized spacial score (nSPS) is 24.3. The highest BCUT2D eigenvalue weighted by Crippen LogP contribution is 2.33. The third-order valence-corrected chi connectivity index (χ3v) is 6.16. The van der Waals surface area contributed by atoms with Gasteiger partial charge in [0.15, 0.2) is 0 Å². The lowest BCUT2D eigenvalue weighted by Gasteiger charge is -2.27. The number of amides is 4. The molecular formula is C22H27N5O3. The molecule has 0 bridgehead atoms. The number of hydrazine groups is 1. The maximum Gasteiger partial charge on any atom is 0.344 e. The number of nitrogens with one attached hydrogen (secondary N) is 2. The Morgan fingerprint density at radius 2 is 1.97 bits per heavy atom. The summed E-state index contributed by atoms with van der Waals surface area (Å²) < 4.78 is 2.06. The summed E-state index contributed by atoms with van der Waals surface area (Å²) in [4.78, 5) is 40.6. The molecule has 4 rings (SSSR count). The van der Waals surface area contributed by atoms with Crippen LogP contribution in [0.25, 0.3) is 0 Å². The Hall–Kier alpha value is -3.13. The molecule has 8 heteroatoms. The molecule has 1 aromatic carbocycles. The van der Waals surface area contributed by atoms with Crippen molar-refractivity contribution in [3.63, 3.8) is 0 Å². The fourth-order valence-electron chi connectivity index (χ4n) is 4.55. The van der Waals surface area contributed by atoms with Crippen LogP contribution in [-0.2, 0) is 22.2 Å². The number of rotatable bonds is 6. The molecule has 8 nitrogen and oxygen atoms in total. The maximum atomic E-state index is 13.1. The lowest BCUT2D eigenvalue weighted by Crippen LogP contribution is -2.51. The molecule has 2 aromatic rings. The Morgan fingerprint density at radius 3 is 2.63 bits per heavy atom. The fourth-order valence-corrected chi connectivity index (χ4v) is 4.55. The van der Waals surface area contributed by atoms with E-state index in [1.54, 1.807) is 0 Å². The number of aryl methyl sites for hydroxylation is 1. The zero-order valence-electron chi connectivity index (χ0n) is 17.3. The summed E-state index contributed by atoms with van der Waals surface area (Å²) in [5.41, 5.74) is 3.22. The van der Waals surface area contributed by atoms with E-state index in [1.165, 1.54) is 0 Å². The molecule has 0 aliphatic carbocycles. The minimum atomic E-state index is -1.16. The van der Waals surface area contributed by atoms with Crippen LogP contribution in [0.1, 0.15) is 43.5 Å². The Morgan fingerprint density at radius 1 is 1.20 bits per heavy atom. The van der Waals surface area contributed by atoms with Crippen molar-refractivity contribution in [2.24, 2.45) is 7.05 Å². The summed E-state index contributed by atoms with van der Waals surface area (Å²) in [6, 6.07) is 12.7. The number of nitrogens with zero attached hydrogens (tertiary/aromatic N) is 3. The van der Waals surface area contributed by atoms with Gasteiger partial charge in [-0.05, 0) is 43.5 Å². The van der Waals surface area contributed by atoms with Crippen molar-refractivity contribution in [3.05, 3.63) is 59.9 Å². The van der Waals surface area contributed by atoms with Crippen LogP contribution in [0.15, 0.2) is 48.7 Å². The van der Waals surface area contributed by atoms with Gasteiger partial charge in [0.2, 0.25) is 0 Å². The number of likely N-dealkylation sites (tertiary alicyclic amines) is 1. The van der Waals surface area contributed by atoms with Gasteiger partial charge < -0.3 is 9.88 Å². The van der Waals surface area contributed by atoms with Crippen molar-refractivity contribution >= 4 is 17.8 Å². The molecule has 158 valence electrons. The van der Waals surface area contributed by atoms with Crippen LogP contribution < -0.4 is 10.7 Å². The smallest absolute Gasteiger partial charge is 0.344 e. The molecule has 0 saturated carbocycles. The van der Waals surface area contributed by atoms with Gasteiger partial charge in [-0.25, -0.2) is 4.79 Å². The average molecular weight is 409 g/mol. The molecule has 2 fully saturated rings. The first kappa shape index (κ1) is 20.2. The first-order valence-corrected chi connectivity index (χ1v) is 10.3. The van der Waals surface area contributed by atoms with E-state index in [0.29, 0.717) is 12.0 Å². The monoisotopic (exact) mass is 409 g/mol. The summed E-state index contributed by atoms with van der Waals surface area (Å²) >= 11 is 0. The first-order chi connectivity index (χ1) is 14.5. The van der Waals surface area contributed by atoms with E-state index in [9.17, 15) is 14.4 Å². The second kappa shape index (κ2) is 7.95. The summed E-state index contributed by atoms with van der Waals surface area (Å²) in [5.74, 6) is -0.838. The Labute approximate surface area is 175 Å². The molecule has 0 radical (unpaired) electrons. The van der Waals surface area contributed by atoms with Crippen LogP contribution in [0.5, 0.6) is 0 Å². The number of benzene rings is 1. The zero-order chi connectivity index (χ0) is 21.3. The predicted octanol–water partition coefficient (Wildman–Crippen LogP) is 2.05. The standard InChI is InChI=1S/C22H27N5O3/c1-3-22(16-9-5-4-6-10-16)20(29)27(21(30)23-22)24-19(28)15-26-14-8-12-18(26)17-11-7-13-25(17)2/h4-7,9-11,13,18H,3,8,12,14-15H2,1-2H3,(H,23,30)(H,24,28). The van der Waals surface area contributed by atoms with E-state index in [1.807, 2.05) is 56.6 Å². The van der Waals surface area contributed by atoms with Crippen molar-refractivity contribution in [2.75, 3.05) is 13.1 Å². The minimum Gasteiger partial charge on any atom is -0.353 e. The molecule has 2 aliphatic heterocycles. The minimum absolute atomic E-state index is 0.122. The molecule has 30 heavy (non-hydrogen) atoms. The highest BCUT2D eigenvalue weighted by atomic mass is 16.2. The van der Waals surface area contributed by atoms with Crippen LogP contribution >= 0.6 is 0 Å². The van der Waals surface area contributed by atoms with Crippen LogP contribution in [0.2, 0.25) is 0 Å². The second-order valence-corrected chi connectivity index (χ2v) is 7.90. The van der Waals surface area contributed by atoms with Gasteiger partial charge in [0, 0.05) is 18.9 Å². The molecular weight excluding hydrogens is 382 g/mol. The number of imide groups is 1. The second-order valence-electron chi connectivity index (χ2n) is 7.90. The molecule has 1 aromatic heterocycles. The molecule has 2 atom stereocenters. The van der Waals surface area contributed by atoms with E-state index in [2.05, 4.69) is 26.3 Å². The summed E-state index contributed by atoms with van der Waals surface area (Å²) in [5, 5.41) is 3.60. The molecule has 2 unspecified atom stereocenters. The van der Waals surface area contributed by atoms with Gasteiger partial charge in [-0.15, -0.1) is 0 Å². The third-order valence-electron chi connectivity index (χ3n) is 6.16. The van der Waals surface area contributed by atoms with E-state index < -0.39 is 17.5 Å². The molecule has 4 amide bonds. The largest absolute Gasteiger partial charge is 0.353 e. The first-order valence-electron chi connectivity index (χ1n) is 10.3. The predicted molar refractivity (Wildman–Crippen MR) is 111 cm³/mol. The summed E-state index contributed by atoms with van der Waals surface area (Å²) in [7, 11) is 1.99. The van der Waals surface area contributed by atoms with Gasteiger partial charge in [-0.3, -0.25) is 19.9 Å². The molecule has 2 aliphatic rings. The lowest BCUT2D eigenvalue weighted by molar-refractivity contribution is -0.140. The van der Waals surface area contributed by atoms with Crippen LogP contribution in [-0.4, -0.2) is 45.4 Å². The van der Waals surface area contributed by atoms with Gasteiger partial charge in [0.25, 0.3) is 11.8 Å². The van der Waals surface area contributed by atoms with Crippen molar-refractivity contribution in [3.8, 4) is 0 Å². The number of carbonyl (C=O) groups is 3. The van der Waals surface area contributed by atoms with E-state index in [-0.39, 0.29) is 18.5 Å². The van der Waals surface area contributed by atoms with Gasteiger partial charge in [0.1, 0.15) is 5.54 Å². The van der Waals surface area contributed by atoms with Gasteiger partial charge in [-0.2, -0.15) is 5.01 Å². The zero-order valence-corrected chi connectivity index (χ0v) is 17.3. The molecule has 2 saturated heterocycles. The molecule has 3 heterocycles. The number of carbonyl (C=O) groups excluding carboxylic acids is 3. The van der Waals surface area contributed by atoms with Gasteiger partial charge >= 0.3 is 6.03 Å². The highest BCUT2D eigenvalue weighted by Gasteiger charge is 2.52. The van der Waals surface area contributed by atoms with Crippen LogP contribution in [0.4, 0.5) is 4.79 Å². The number of urea groups is 1. The number of hydrogen-bond acceptors (Lipinski definition) is 4. The Bertz CT molecular complexity index is 957. The maximum absolute atomic E-state index is 13.1. The van der Waals surface area contributed by atoms with E-state index in [4.69, 9.17) is 0 Å². The lowest BCUT2D eigenvalue weighted by atomic mass is 9.87. The highest BCUT2D eigenvalue weighted by molar-refractivity contribution is 6.08. The van der Waals surface area contributed by atoms with Crippen molar-refractivity contribution in [1.29, 1.82) is 0 Å². The Balaban J connectivity index is 1.46. The quantitative estimate of drug-likeness (QED) is 0.715.